The van der Waals surface area contributed by atoms with E-state index in [0.29, 0.717) is 32.7 Å². The van der Waals surface area contributed by atoms with Gasteiger partial charge in [0.1, 0.15) is 11.5 Å². The molecule has 1 unspecified atom stereocenters. The van der Waals surface area contributed by atoms with E-state index in [1.807, 2.05) is 20.8 Å². The predicted molar refractivity (Wildman–Crippen MR) is 74.4 cm³/mol. The Kier molecular flexibility index (Phi) is 6.62. The van der Waals surface area contributed by atoms with Crippen LogP contribution in [0.1, 0.15) is 40.5 Å². The summed E-state index contributed by atoms with van der Waals surface area (Å²) in [5.41, 5.74) is -0.894. The molecule has 1 aliphatic heterocycles. The Morgan fingerprint density at radius 3 is 2.20 bits per heavy atom. The zero-order valence-corrected chi connectivity index (χ0v) is 12.9. The van der Waals surface area contributed by atoms with Crippen LogP contribution in [0.3, 0.4) is 0 Å². The van der Waals surface area contributed by atoms with Crippen molar-refractivity contribution in [3.63, 3.8) is 0 Å². The molecule has 1 saturated heterocycles. The van der Waals surface area contributed by atoms with Gasteiger partial charge in [-0.3, -0.25) is 9.59 Å². The van der Waals surface area contributed by atoms with E-state index in [2.05, 4.69) is 0 Å². The van der Waals surface area contributed by atoms with E-state index in [1.165, 1.54) is 0 Å². The smallest absolute Gasteiger partial charge is 0.316 e. The Balaban J connectivity index is 2.97. The molecule has 20 heavy (non-hydrogen) atoms. The van der Waals surface area contributed by atoms with Crippen LogP contribution in [-0.2, 0) is 23.8 Å². The minimum Gasteiger partial charge on any atom is -0.465 e. The van der Waals surface area contributed by atoms with E-state index in [4.69, 9.17) is 14.2 Å². The van der Waals surface area contributed by atoms with Gasteiger partial charge in [0.25, 0.3) is 0 Å². The first-order valence-corrected chi connectivity index (χ1v) is 7.41. The molecular weight excluding hydrogens is 260 g/mol. The van der Waals surface area contributed by atoms with Crippen LogP contribution in [0.15, 0.2) is 0 Å². The standard InChI is InChI=1S/C15H26O5/c1-5-19-14(17)12(11(3)4)13(16)15(20-6-2)7-9-18-10-8-15/h11-12H,5-10H2,1-4H3. The van der Waals surface area contributed by atoms with E-state index in [-0.39, 0.29) is 18.3 Å². The molecule has 1 rings (SSSR count). The van der Waals surface area contributed by atoms with Gasteiger partial charge in [-0.15, -0.1) is 0 Å². The lowest BCUT2D eigenvalue weighted by molar-refractivity contribution is -0.171. The Hall–Kier alpha value is -0.940. The van der Waals surface area contributed by atoms with Gasteiger partial charge in [0.05, 0.1) is 6.61 Å². The number of esters is 1. The quantitative estimate of drug-likeness (QED) is 0.529. The topological polar surface area (TPSA) is 61.8 Å². The summed E-state index contributed by atoms with van der Waals surface area (Å²) in [5.74, 6) is -1.48. The highest BCUT2D eigenvalue weighted by Crippen LogP contribution is 2.32. The summed E-state index contributed by atoms with van der Waals surface area (Å²) in [6, 6.07) is 0. The summed E-state index contributed by atoms with van der Waals surface area (Å²) in [4.78, 5) is 25.0. The zero-order valence-electron chi connectivity index (χ0n) is 12.9. The molecule has 1 fully saturated rings. The van der Waals surface area contributed by atoms with Crippen LogP contribution in [0, 0.1) is 11.8 Å². The van der Waals surface area contributed by atoms with Crippen LogP contribution in [0.2, 0.25) is 0 Å². The third-order valence-electron chi connectivity index (χ3n) is 3.66. The summed E-state index contributed by atoms with van der Waals surface area (Å²) >= 11 is 0. The first-order valence-electron chi connectivity index (χ1n) is 7.41. The van der Waals surface area contributed by atoms with Gasteiger partial charge >= 0.3 is 5.97 Å². The summed E-state index contributed by atoms with van der Waals surface area (Å²) in [5, 5.41) is 0. The lowest BCUT2D eigenvalue weighted by Gasteiger charge is -2.38. The van der Waals surface area contributed by atoms with Crippen molar-refractivity contribution >= 4 is 11.8 Å². The highest BCUT2D eigenvalue weighted by molar-refractivity contribution is 6.03. The van der Waals surface area contributed by atoms with Gasteiger partial charge in [0, 0.05) is 32.7 Å². The van der Waals surface area contributed by atoms with Crippen LogP contribution in [0.4, 0.5) is 0 Å². The van der Waals surface area contributed by atoms with E-state index >= 15 is 0 Å². The second kappa shape index (κ2) is 7.74. The highest BCUT2D eigenvalue weighted by atomic mass is 16.5. The van der Waals surface area contributed by atoms with Crippen molar-refractivity contribution in [1.29, 1.82) is 0 Å². The second-order valence-electron chi connectivity index (χ2n) is 5.38. The number of Topliss-reactive ketones (excluding diaryl/α,β-unsaturated/α-hetero) is 1. The lowest BCUT2D eigenvalue weighted by Crippen LogP contribution is -2.52. The zero-order chi connectivity index (χ0) is 15.2. The third kappa shape index (κ3) is 3.79. The van der Waals surface area contributed by atoms with Crippen molar-refractivity contribution < 1.29 is 23.8 Å². The van der Waals surface area contributed by atoms with Gasteiger partial charge in [-0.25, -0.2) is 0 Å². The average Bonchev–Trinajstić information content (AvgIpc) is 2.40. The minimum atomic E-state index is -0.894. The fourth-order valence-electron chi connectivity index (χ4n) is 2.64. The summed E-state index contributed by atoms with van der Waals surface area (Å²) in [6.07, 6.45) is 1.00. The molecule has 0 aliphatic carbocycles. The second-order valence-corrected chi connectivity index (χ2v) is 5.38. The molecule has 0 radical (unpaired) electrons. The predicted octanol–water partition coefficient (Wildman–Crippen LogP) is 1.98. The van der Waals surface area contributed by atoms with Gasteiger partial charge in [-0.05, 0) is 19.8 Å². The molecule has 0 aromatic carbocycles. The van der Waals surface area contributed by atoms with Crippen molar-refractivity contribution in [3.05, 3.63) is 0 Å². The highest BCUT2D eigenvalue weighted by Gasteiger charge is 2.47. The monoisotopic (exact) mass is 286 g/mol. The number of ether oxygens (including phenoxy) is 3. The lowest BCUT2D eigenvalue weighted by atomic mass is 9.78. The summed E-state index contributed by atoms with van der Waals surface area (Å²) < 4.78 is 16.1. The van der Waals surface area contributed by atoms with Crippen LogP contribution < -0.4 is 0 Å². The minimum absolute atomic E-state index is 0.110. The van der Waals surface area contributed by atoms with Crippen LogP contribution >= 0.6 is 0 Å². The molecule has 0 aromatic heterocycles. The molecule has 1 atom stereocenters. The van der Waals surface area contributed by atoms with Crippen LogP contribution in [-0.4, -0.2) is 43.8 Å². The molecule has 5 nitrogen and oxygen atoms in total. The molecule has 0 spiro atoms. The van der Waals surface area contributed by atoms with Crippen molar-refractivity contribution in [3.8, 4) is 0 Å². The molecule has 1 aliphatic rings. The molecule has 0 amide bonds. The average molecular weight is 286 g/mol. The third-order valence-corrected chi connectivity index (χ3v) is 3.66. The van der Waals surface area contributed by atoms with E-state index in [0.717, 1.165) is 0 Å². The molecular formula is C15H26O5. The van der Waals surface area contributed by atoms with Crippen molar-refractivity contribution in [2.75, 3.05) is 26.4 Å². The molecule has 116 valence electrons. The van der Waals surface area contributed by atoms with Crippen molar-refractivity contribution in [1.82, 2.24) is 0 Å². The maximum Gasteiger partial charge on any atom is 0.316 e. The van der Waals surface area contributed by atoms with Crippen molar-refractivity contribution in [2.24, 2.45) is 11.8 Å². The number of carbonyl (C=O) groups excluding carboxylic acids is 2. The SMILES string of the molecule is CCOC(=O)C(C(=O)C1(OCC)CCOCC1)C(C)C. The van der Waals surface area contributed by atoms with Gasteiger partial charge in [0.15, 0.2) is 5.78 Å². The van der Waals surface area contributed by atoms with E-state index in [9.17, 15) is 9.59 Å². The number of ketones is 1. The molecule has 1 heterocycles. The first-order chi connectivity index (χ1) is 9.48. The number of rotatable bonds is 7. The van der Waals surface area contributed by atoms with Crippen LogP contribution in [0.5, 0.6) is 0 Å². The molecule has 0 aromatic rings. The van der Waals surface area contributed by atoms with Gasteiger partial charge in [-0.1, -0.05) is 13.8 Å². The molecule has 0 saturated carbocycles. The van der Waals surface area contributed by atoms with Crippen LogP contribution in [0.25, 0.3) is 0 Å². The Morgan fingerprint density at radius 1 is 1.15 bits per heavy atom. The Bertz CT molecular complexity index is 326. The van der Waals surface area contributed by atoms with Gasteiger partial charge in [0.2, 0.25) is 0 Å². The maximum absolute atomic E-state index is 12.9. The van der Waals surface area contributed by atoms with Crippen molar-refractivity contribution in [2.45, 2.75) is 46.1 Å². The maximum atomic E-state index is 12.9. The summed E-state index contributed by atoms with van der Waals surface area (Å²) in [6.45, 7) is 9.01. The molecule has 0 bridgehead atoms. The van der Waals surface area contributed by atoms with Gasteiger partial charge < -0.3 is 14.2 Å². The fourth-order valence-corrected chi connectivity index (χ4v) is 2.64. The summed E-state index contributed by atoms with van der Waals surface area (Å²) in [7, 11) is 0. The first kappa shape index (κ1) is 17.1. The Morgan fingerprint density at radius 2 is 1.75 bits per heavy atom. The molecule has 0 N–H and O–H groups in total. The number of hydrogen-bond acceptors (Lipinski definition) is 5. The van der Waals surface area contributed by atoms with E-state index < -0.39 is 17.5 Å². The largest absolute Gasteiger partial charge is 0.465 e. The van der Waals surface area contributed by atoms with E-state index in [1.54, 1.807) is 6.92 Å². The van der Waals surface area contributed by atoms with Gasteiger partial charge in [-0.2, -0.15) is 0 Å². The molecule has 5 heteroatoms. The number of hydrogen-bond donors (Lipinski definition) is 0. The fraction of sp³-hybridized carbons (Fsp3) is 0.867. The normalized spacial score (nSPS) is 19.6. The Labute approximate surface area is 121 Å². The number of carbonyl (C=O) groups is 2.